The van der Waals surface area contributed by atoms with Crippen LogP contribution < -0.4 is 5.32 Å². The lowest BCUT2D eigenvalue weighted by molar-refractivity contribution is 0.0211. The van der Waals surface area contributed by atoms with Crippen LogP contribution in [0.2, 0.25) is 0 Å². The van der Waals surface area contributed by atoms with Crippen molar-refractivity contribution < 1.29 is 33.8 Å². The molecule has 2 aromatic heterocycles. The number of piperidine rings is 2. The van der Waals surface area contributed by atoms with E-state index in [1.54, 1.807) is 15.9 Å². The number of nitrogens with one attached hydrogen (secondary N) is 3. The zero-order valence-electron chi connectivity index (χ0n) is 52.3. The van der Waals surface area contributed by atoms with E-state index in [0.717, 1.165) is 114 Å². The Bertz CT molecular complexity index is 3580. The molecular weight excluding hydrogens is 1130 g/mol. The van der Waals surface area contributed by atoms with Gasteiger partial charge < -0.3 is 44.6 Å². The number of aromatic nitrogens is 4. The number of aryl methyl sites for hydroxylation is 2. The Labute approximate surface area is 524 Å². The topological polar surface area (TPSA) is 234 Å². The number of benzene rings is 4. The number of carbonyl (C=O) groups excluding carboxylic acids is 3. The van der Waals surface area contributed by atoms with E-state index in [1.165, 1.54) is 47.9 Å². The van der Waals surface area contributed by atoms with Gasteiger partial charge in [-0.05, 0) is 213 Å². The van der Waals surface area contributed by atoms with E-state index in [0.29, 0.717) is 92.7 Å². The number of ether oxygens (including phenoxy) is 2. The van der Waals surface area contributed by atoms with Crippen molar-refractivity contribution in [1.29, 1.82) is 10.5 Å². The van der Waals surface area contributed by atoms with Crippen LogP contribution in [0.1, 0.15) is 217 Å². The number of nitrogens with zero attached hydrogens (tertiary/aromatic N) is 7. The minimum absolute atomic E-state index is 0. The summed E-state index contributed by atoms with van der Waals surface area (Å²) in [6.07, 6.45) is 11.8. The highest BCUT2D eigenvalue weighted by Gasteiger charge is 2.34. The summed E-state index contributed by atoms with van der Waals surface area (Å²) in [5, 5.41) is 30.7. The molecule has 0 spiro atoms. The van der Waals surface area contributed by atoms with Crippen molar-refractivity contribution in [2.75, 3.05) is 39.3 Å². The van der Waals surface area contributed by atoms with Crippen molar-refractivity contribution >= 4 is 36.5 Å². The third-order valence-corrected chi connectivity index (χ3v) is 18.0. The van der Waals surface area contributed by atoms with Crippen LogP contribution in [0.3, 0.4) is 0 Å². The summed E-state index contributed by atoms with van der Waals surface area (Å²) in [6, 6.07) is 28.2. The summed E-state index contributed by atoms with van der Waals surface area (Å²) in [5.74, 6) is 2.62. The van der Waals surface area contributed by atoms with E-state index in [1.807, 2.05) is 95.8 Å². The monoisotopic (exact) mass is 1210 g/mol. The van der Waals surface area contributed by atoms with Crippen LogP contribution in [-0.4, -0.2) is 114 Å². The molecule has 2 saturated carbocycles. The molecule has 2 saturated heterocycles. The average molecular weight is 1210 g/mol. The lowest BCUT2D eigenvalue weighted by Crippen LogP contribution is -2.39. The van der Waals surface area contributed by atoms with Gasteiger partial charge in [0.2, 0.25) is 0 Å². The number of H-pyrrole nitrogens is 2. The van der Waals surface area contributed by atoms with Crippen molar-refractivity contribution in [3.63, 3.8) is 0 Å². The fraction of sp³-hybridized carbons (Fsp3) is 0.486. The predicted octanol–water partition coefficient (Wildman–Crippen LogP) is 13.9. The number of hydrogen-bond acceptors (Lipinski definition) is 11. The lowest BCUT2D eigenvalue weighted by Gasteiger charge is -2.33. The number of likely N-dealkylation sites (tertiary alicyclic amines) is 1. The quantitative estimate of drug-likeness (QED) is 0.111. The number of aromatic carboxylic acids is 1. The maximum atomic E-state index is 13.9. The number of aromatic amines is 2. The van der Waals surface area contributed by atoms with Crippen molar-refractivity contribution in [1.82, 2.24) is 40.0 Å². The fourth-order valence-electron chi connectivity index (χ4n) is 12.7. The number of rotatable bonds is 8. The summed E-state index contributed by atoms with van der Waals surface area (Å²) in [6.45, 7) is 20.7. The minimum Gasteiger partial charge on any atom is -0.478 e. The molecule has 18 heteroatoms. The first-order valence-corrected chi connectivity index (χ1v) is 31.3. The molecule has 6 aliphatic rings. The highest BCUT2D eigenvalue weighted by Crippen LogP contribution is 2.44. The van der Waals surface area contributed by atoms with Gasteiger partial charge in [0.1, 0.15) is 22.9 Å². The SMILES string of the molecule is Cc1cc(C2CCC2)c(-c2nc3c([nH]2)CN(C(=O)OC(C)(C)C)CC3)cc1C(=O)N1CCC(c2ccc(C#N)cc2)CC1.Cc1cc(C2CCC2)c(-c2nc3c([nH]2)CN(C(=O)OC(C)(C)C)CC3)cc1C(=O)O.Cl.N#Cc1ccc(C2CCNCC2)cc1. The number of carbonyl (C=O) groups is 4. The molecule has 4 N–H and O–H groups in total. The number of fused-ring (bicyclic) bond motifs is 2. The number of carboxylic acids is 1. The molecule has 6 aromatic rings. The largest absolute Gasteiger partial charge is 0.478 e. The number of imidazole rings is 2. The molecule has 4 aliphatic heterocycles. The lowest BCUT2D eigenvalue weighted by atomic mass is 9.77. The van der Waals surface area contributed by atoms with Gasteiger partial charge in [-0.25, -0.2) is 24.4 Å². The standard InChI is InChI=1S/C35H41N5O3.C23H29N3O4.C12H14N2.ClH/c1-22-18-28(26-6-5-7-26)29(32-37-30-14-17-40(21-31(30)38-32)34(42)43-35(2,3)4)19-27(22)33(41)39-15-12-25(13-16-39)24-10-8-23(20-36)9-11-24;1-13-10-16(14-6-5-7-14)17(11-15(13)21(27)28)20-24-18-8-9-26(12-19(18)25-20)22(29)30-23(2,3)4;13-9-10-1-3-11(4-2-10)12-5-7-14-8-6-12;/h8-11,18-19,25-26H,5-7,12-17,21H2,1-4H3,(H,37,38);10-11,14H,5-9,12H2,1-4H3,(H,24,25)(H,27,28);1-4,12,14H,5-8H2;1H. The number of nitriles is 2. The summed E-state index contributed by atoms with van der Waals surface area (Å²) in [5.41, 5.74) is 13.8. The van der Waals surface area contributed by atoms with Crippen LogP contribution in [0.15, 0.2) is 72.8 Å². The highest BCUT2D eigenvalue weighted by atomic mass is 35.5. The molecule has 2 aliphatic carbocycles. The normalized spacial score (nSPS) is 17.1. The third kappa shape index (κ3) is 15.3. The molecule has 0 radical (unpaired) electrons. The van der Waals surface area contributed by atoms with Crippen LogP contribution >= 0.6 is 12.4 Å². The van der Waals surface area contributed by atoms with Crippen LogP contribution in [0.25, 0.3) is 22.8 Å². The van der Waals surface area contributed by atoms with Gasteiger partial charge in [-0.1, -0.05) is 49.2 Å². The molecule has 4 fully saturated rings. The summed E-state index contributed by atoms with van der Waals surface area (Å²) in [7, 11) is 0. The first-order valence-electron chi connectivity index (χ1n) is 31.3. The van der Waals surface area contributed by atoms with Crippen LogP contribution in [0, 0.1) is 36.5 Å². The van der Waals surface area contributed by atoms with Crippen LogP contribution in [0.4, 0.5) is 9.59 Å². The van der Waals surface area contributed by atoms with Gasteiger partial charge in [0, 0.05) is 55.7 Å². The van der Waals surface area contributed by atoms with Gasteiger partial charge in [-0.2, -0.15) is 10.5 Å². The second-order valence-corrected chi connectivity index (χ2v) is 26.5. The fourth-order valence-corrected chi connectivity index (χ4v) is 12.7. The van der Waals surface area contributed by atoms with E-state index < -0.39 is 17.2 Å². The van der Waals surface area contributed by atoms with Crippen LogP contribution in [-0.2, 0) is 35.4 Å². The predicted molar refractivity (Wildman–Crippen MR) is 341 cm³/mol. The third-order valence-electron chi connectivity index (χ3n) is 18.0. The van der Waals surface area contributed by atoms with Gasteiger partial charge in [0.15, 0.2) is 0 Å². The van der Waals surface area contributed by atoms with Gasteiger partial charge in [-0.3, -0.25) is 4.79 Å². The zero-order chi connectivity index (χ0) is 61.7. The second-order valence-electron chi connectivity index (χ2n) is 26.5. The second kappa shape index (κ2) is 27.6. The zero-order valence-corrected chi connectivity index (χ0v) is 53.1. The Hall–Kier alpha value is -7.99. The molecule has 0 atom stereocenters. The number of hydrogen-bond donors (Lipinski definition) is 4. The minimum atomic E-state index is -0.929. The maximum Gasteiger partial charge on any atom is 0.410 e. The van der Waals surface area contributed by atoms with Gasteiger partial charge >= 0.3 is 18.2 Å². The molecule has 464 valence electrons. The molecule has 0 bridgehead atoms. The van der Waals surface area contributed by atoms with Crippen molar-refractivity contribution in [3.05, 3.63) is 151 Å². The Morgan fingerprint density at radius 2 is 0.966 bits per heavy atom. The Morgan fingerprint density at radius 1 is 0.557 bits per heavy atom. The van der Waals surface area contributed by atoms with Crippen molar-refractivity contribution in [2.45, 2.75) is 180 Å². The van der Waals surface area contributed by atoms with E-state index in [4.69, 9.17) is 30.0 Å². The Morgan fingerprint density at radius 3 is 1.35 bits per heavy atom. The molecule has 3 amide bonds. The molecule has 0 unspecified atom stereocenters. The first-order chi connectivity index (χ1) is 41.6. The molecular formula is C70H85ClN10O7. The van der Waals surface area contributed by atoms with E-state index >= 15 is 0 Å². The highest BCUT2D eigenvalue weighted by molar-refractivity contribution is 5.97. The molecule has 4 aromatic carbocycles. The van der Waals surface area contributed by atoms with Crippen molar-refractivity contribution in [2.24, 2.45) is 0 Å². The molecule has 6 heterocycles. The number of carboxylic acid groups (broad SMARTS) is 1. The number of amides is 3. The van der Waals surface area contributed by atoms with E-state index in [-0.39, 0.29) is 30.5 Å². The van der Waals surface area contributed by atoms with E-state index in [2.05, 4.69) is 58.6 Å². The van der Waals surface area contributed by atoms with Gasteiger partial charge in [0.25, 0.3) is 5.91 Å². The number of halogens is 1. The van der Waals surface area contributed by atoms with Crippen molar-refractivity contribution in [3.8, 4) is 34.9 Å². The van der Waals surface area contributed by atoms with E-state index in [9.17, 15) is 24.3 Å². The molecule has 88 heavy (non-hydrogen) atoms. The Kier molecular flexibility index (Phi) is 20.2. The first kappa shape index (κ1) is 64.5. The average Bonchev–Trinajstić information content (AvgIpc) is 1.63. The summed E-state index contributed by atoms with van der Waals surface area (Å²) >= 11 is 0. The Balaban J connectivity index is 0.000000176. The summed E-state index contributed by atoms with van der Waals surface area (Å²) in [4.78, 5) is 72.9. The van der Waals surface area contributed by atoms with Gasteiger partial charge in [-0.15, -0.1) is 12.4 Å². The van der Waals surface area contributed by atoms with Crippen LogP contribution in [0.5, 0.6) is 0 Å². The smallest absolute Gasteiger partial charge is 0.410 e. The van der Waals surface area contributed by atoms with Gasteiger partial charge in [0.05, 0.1) is 64.7 Å². The summed E-state index contributed by atoms with van der Waals surface area (Å²) < 4.78 is 11.1. The molecule has 12 rings (SSSR count). The maximum absolute atomic E-state index is 13.9. The molecule has 17 nitrogen and oxygen atoms in total.